The van der Waals surface area contributed by atoms with Crippen molar-refractivity contribution in [1.29, 1.82) is 0 Å². The molecule has 1 spiro atoms. The summed E-state index contributed by atoms with van der Waals surface area (Å²) < 4.78 is 0. The number of rotatable bonds is 3. The number of carbonyl (C=O) groups is 2. The van der Waals surface area contributed by atoms with Gasteiger partial charge in [0.25, 0.3) is 0 Å². The molecule has 24 heavy (non-hydrogen) atoms. The molecule has 0 aromatic heterocycles. The van der Waals surface area contributed by atoms with Gasteiger partial charge < -0.3 is 9.80 Å². The number of benzene rings is 1. The summed E-state index contributed by atoms with van der Waals surface area (Å²) in [6.45, 7) is 5.00. The Balaban J connectivity index is 1.42. The molecule has 3 fully saturated rings. The zero-order valence-corrected chi connectivity index (χ0v) is 14.5. The van der Waals surface area contributed by atoms with E-state index in [9.17, 15) is 9.59 Å². The first-order valence-electron chi connectivity index (χ1n) is 9.21. The van der Waals surface area contributed by atoms with Gasteiger partial charge in [-0.3, -0.25) is 9.59 Å². The predicted octanol–water partition coefficient (Wildman–Crippen LogP) is 2.75. The summed E-state index contributed by atoms with van der Waals surface area (Å²) in [6.07, 6.45) is 4.99. The lowest BCUT2D eigenvalue weighted by Crippen LogP contribution is -2.41. The smallest absolute Gasteiger partial charge is 0.231 e. The molecule has 2 amide bonds. The lowest BCUT2D eigenvalue weighted by Gasteiger charge is -2.30. The fourth-order valence-corrected chi connectivity index (χ4v) is 4.43. The number of carbonyl (C=O) groups excluding carboxylic acids is 2. The van der Waals surface area contributed by atoms with E-state index in [0.717, 1.165) is 38.8 Å². The molecule has 2 saturated heterocycles. The largest absolute Gasteiger partial charge is 0.341 e. The van der Waals surface area contributed by atoms with Crippen LogP contribution in [0.2, 0.25) is 0 Å². The van der Waals surface area contributed by atoms with Gasteiger partial charge >= 0.3 is 0 Å². The lowest BCUT2D eigenvalue weighted by atomic mass is 9.83. The molecule has 1 atom stereocenters. The van der Waals surface area contributed by atoms with Crippen LogP contribution in [0.25, 0.3) is 0 Å². The van der Waals surface area contributed by atoms with Crippen molar-refractivity contribution in [2.75, 3.05) is 19.6 Å². The highest BCUT2D eigenvalue weighted by molar-refractivity contribution is 5.87. The maximum Gasteiger partial charge on any atom is 0.231 e. The van der Waals surface area contributed by atoms with Crippen molar-refractivity contribution in [2.24, 2.45) is 11.3 Å². The number of hydrogen-bond acceptors (Lipinski definition) is 2. The summed E-state index contributed by atoms with van der Waals surface area (Å²) in [5.74, 6) is 0.788. The molecule has 1 aromatic rings. The molecule has 0 N–H and O–H groups in total. The topological polar surface area (TPSA) is 40.6 Å². The van der Waals surface area contributed by atoms with Crippen LogP contribution in [0.1, 0.15) is 43.2 Å². The van der Waals surface area contributed by atoms with Crippen LogP contribution in [0.3, 0.4) is 0 Å². The van der Waals surface area contributed by atoms with E-state index in [0.29, 0.717) is 19.0 Å². The molecular weight excluding hydrogens is 300 g/mol. The fourth-order valence-electron chi connectivity index (χ4n) is 4.43. The minimum absolute atomic E-state index is 0.236. The van der Waals surface area contributed by atoms with Crippen LogP contribution in [0.15, 0.2) is 24.3 Å². The van der Waals surface area contributed by atoms with Gasteiger partial charge in [0.15, 0.2) is 0 Å². The number of nitrogens with zero attached hydrogens (tertiary/aromatic N) is 2. The maximum absolute atomic E-state index is 13.0. The Bertz CT molecular complexity index is 667. The van der Waals surface area contributed by atoms with E-state index < -0.39 is 0 Å². The summed E-state index contributed by atoms with van der Waals surface area (Å²) in [4.78, 5) is 29.5. The van der Waals surface area contributed by atoms with Gasteiger partial charge in [0.2, 0.25) is 11.8 Å². The van der Waals surface area contributed by atoms with Crippen LogP contribution >= 0.6 is 0 Å². The van der Waals surface area contributed by atoms with E-state index in [-0.39, 0.29) is 17.2 Å². The Kier molecular flexibility index (Phi) is 3.86. The van der Waals surface area contributed by atoms with Crippen molar-refractivity contribution in [1.82, 2.24) is 9.80 Å². The van der Waals surface area contributed by atoms with Crippen LogP contribution < -0.4 is 0 Å². The zero-order chi connectivity index (χ0) is 16.7. The molecular formula is C20H26N2O2. The van der Waals surface area contributed by atoms with Gasteiger partial charge in [-0.1, -0.05) is 36.2 Å². The SMILES string of the molecule is Cc1cccc(CN2CCC3(CCN(C(=O)C4CCC4)C3)C2=O)c1. The van der Waals surface area contributed by atoms with Crippen molar-refractivity contribution in [3.8, 4) is 0 Å². The van der Waals surface area contributed by atoms with Gasteiger partial charge in [-0.05, 0) is 38.2 Å². The summed E-state index contributed by atoms with van der Waals surface area (Å²) in [5.41, 5.74) is 2.12. The maximum atomic E-state index is 13.0. The van der Waals surface area contributed by atoms with Gasteiger partial charge in [-0.15, -0.1) is 0 Å². The second-order valence-electron chi connectivity index (χ2n) is 7.88. The highest BCUT2D eigenvalue weighted by atomic mass is 16.2. The monoisotopic (exact) mass is 326 g/mol. The molecule has 2 heterocycles. The fraction of sp³-hybridized carbons (Fsp3) is 0.600. The number of amides is 2. The van der Waals surface area contributed by atoms with E-state index in [1.165, 1.54) is 17.5 Å². The van der Waals surface area contributed by atoms with Gasteiger partial charge in [-0.25, -0.2) is 0 Å². The summed E-state index contributed by atoms with van der Waals surface area (Å²) in [6, 6.07) is 8.37. The Morgan fingerprint density at radius 2 is 2.04 bits per heavy atom. The molecule has 1 aromatic carbocycles. The normalized spacial score (nSPS) is 27.1. The van der Waals surface area contributed by atoms with E-state index in [2.05, 4.69) is 31.2 Å². The van der Waals surface area contributed by atoms with Crippen LogP contribution in [0.5, 0.6) is 0 Å². The van der Waals surface area contributed by atoms with E-state index >= 15 is 0 Å². The molecule has 4 nitrogen and oxygen atoms in total. The molecule has 0 bridgehead atoms. The van der Waals surface area contributed by atoms with Crippen LogP contribution in [-0.2, 0) is 16.1 Å². The number of aryl methyl sites for hydroxylation is 1. The Labute approximate surface area is 143 Å². The molecule has 3 aliphatic rings. The van der Waals surface area contributed by atoms with Crippen molar-refractivity contribution < 1.29 is 9.59 Å². The standard InChI is InChI=1S/C20H26N2O2/c1-15-4-2-5-16(12-15)13-21-10-8-20(19(21)24)9-11-22(14-20)18(23)17-6-3-7-17/h2,4-5,12,17H,3,6-11,13-14H2,1H3. The van der Waals surface area contributed by atoms with Gasteiger partial charge in [0, 0.05) is 32.1 Å². The second kappa shape index (κ2) is 5.91. The van der Waals surface area contributed by atoms with Crippen LogP contribution in [-0.4, -0.2) is 41.2 Å². The summed E-state index contributed by atoms with van der Waals surface area (Å²) in [7, 11) is 0. The first kappa shape index (κ1) is 15.7. The first-order chi connectivity index (χ1) is 11.6. The van der Waals surface area contributed by atoms with Crippen LogP contribution in [0.4, 0.5) is 0 Å². The molecule has 1 aliphatic carbocycles. The van der Waals surface area contributed by atoms with Crippen molar-refractivity contribution >= 4 is 11.8 Å². The van der Waals surface area contributed by atoms with Gasteiger partial charge in [0.1, 0.15) is 0 Å². The quantitative estimate of drug-likeness (QED) is 0.857. The minimum Gasteiger partial charge on any atom is -0.341 e. The van der Waals surface area contributed by atoms with Crippen molar-refractivity contribution in [2.45, 2.75) is 45.6 Å². The summed E-state index contributed by atoms with van der Waals surface area (Å²) in [5, 5.41) is 0. The first-order valence-corrected chi connectivity index (χ1v) is 9.21. The average molecular weight is 326 g/mol. The third kappa shape index (κ3) is 2.62. The molecule has 0 radical (unpaired) electrons. The molecule has 2 aliphatic heterocycles. The Morgan fingerprint density at radius 3 is 2.75 bits per heavy atom. The van der Waals surface area contributed by atoms with Crippen molar-refractivity contribution in [3.63, 3.8) is 0 Å². The van der Waals surface area contributed by atoms with Crippen molar-refractivity contribution in [3.05, 3.63) is 35.4 Å². The highest BCUT2D eigenvalue weighted by Crippen LogP contribution is 2.42. The lowest BCUT2D eigenvalue weighted by molar-refractivity contribution is -0.139. The molecule has 1 saturated carbocycles. The Morgan fingerprint density at radius 1 is 1.25 bits per heavy atom. The molecule has 4 heteroatoms. The average Bonchev–Trinajstić information content (AvgIpc) is 3.06. The molecule has 4 rings (SSSR count). The van der Waals surface area contributed by atoms with Crippen LogP contribution in [0, 0.1) is 18.3 Å². The van der Waals surface area contributed by atoms with E-state index in [4.69, 9.17) is 0 Å². The molecule has 1 unspecified atom stereocenters. The van der Waals surface area contributed by atoms with Gasteiger partial charge in [-0.2, -0.15) is 0 Å². The van der Waals surface area contributed by atoms with Gasteiger partial charge in [0.05, 0.1) is 5.41 Å². The highest BCUT2D eigenvalue weighted by Gasteiger charge is 2.52. The number of hydrogen-bond donors (Lipinski definition) is 0. The second-order valence-corrected chi connectivity index (χ2v) is 7.88. The third-order valence-electron chi connectivity index (χ3n) is 6.18. The van der Waals surface area contributed by atoms with E-state index in [1.807, 2.05) is 9.80 Å². The zero-order valence-electron chi connectivity index (χ0n) is 14.5. The number of likely N-dealkylation sites (tertiary alicyclic amines) is 2. The minimum atomic E-state index is -0.302. The third-order valence-corrected chi connectivity index (χ3v) is 6.18. The summed E-state index contributed by atoms with van der Waals surface area (Å²) >= 11 is 0. The Hall–Kier alpha value is -1.84. The van der Waals surface area contributed by atoms with E-state index in [1.54, 1.807) is 0 Å². The predicted molar refractivity (Wildman–Crippen MR) is 92.2 cm³/mol. The molecule has 128 valence electrons.